The van der Waals surface area contributed by atoms with Gasteiger partial charge in [-0.05, 0) is 19.8 Å². The molecule has 0 aliphatic carbocycles. The summed E-state index contributed by atoms with van der Waals surface area (Å²) in [4.78, 5) is 10.9. The van der Waals surface area contributed by atoms with Crippen LogP contribution in [0.5, 0.6) is 0 Å². The van der Waals surface area contributed by atoms with E-state index in [1.54, 1.807) is 0 Å². The van der Waals surface area contributed by atoms with Crippen LogP contribution < -0.4 is 0 Å². The molecule has 21 heavy (non-hydrogen) atoms. The van der Waals surface area contributed by atoms with Crippen LogP contribution in [0, 0.1) is 0 Å². The first-order chi connectivity index (χ1) is 10.2. The van der Waals surface area contributed by atoms with E-state index in [1.165, 1.54) is 51.4 Å². The quantitative estimate of drug-likeness (QED) is 0.373. The summed E-state index contributed by atoms with van der Waals surface area (Å²) in [6.07, 6.45) is 14.0. The lowest BCUT2D eigenvalue weighted by atomic mass is 10.1. The van der Waals surface area contributed by atoms with E-state index >= 15 is 0 Å². The van der Waals surface area contributed by atoms with Crippen LogP contribution in [0.2, 0.25) is 0 Å². The summed E-state index contributed by atoms with van der Waals surface area (Å²) in [5, 5.41) is 8.42. The summed E-state index contributed by atoms with van der Waals surface area (Å²) in [7, 11) is 0. The van der Waals surface area contributed by atoms with Gasteiger partial charge < -0.3 is 9.84 Å². The second-order valence-corrected chi connectivity index (χ2v) is 5.46. The number of unbranched alkanes of at least 4 members (excludes halogenated alkanes) is 9. The zero-order valence-electron chi connectivity index (χ0n) is 14.7. The van der Waals surface area contributed by atoms with Crippen molar-refractivity contribution in [3.05, 3.63) is 0 Å². The number of ether oxygens (including phenoxy) is 1. The molecule has 3 heteroatoms. The normalized spacial score (nSPS) is 9.90. The lowest BCUT2D eigenvalue weighted by Crippen LogP contribution is -2.02. The van der Waals surface area contributed by atoms with E-state index in [0.29, 0.717) is 19.6 Å². The molecule has 0 aliphatic heterocycles. The predicted molar refractivity (Wildman–Crippen MR) is 90.5 cm³/mol. The first-order valence-electron chi connectivity index (χ1n) is 8.99. The topological polar surface area (TPSA) is 46.5 Å². The van der Waals surface area contributed by atoms with Crippen LogP contribution in [0.4, 0.5) is 0 Å². The Kier molecular flexibility index (Phi) is 23.5. The van der Waals surface area contributed by atoms with Crippen molar-refractivity contribution in [1.29, 1.82) is 0 Å². The molecule has 0 radical (unpaired) electrons. The molecule has 0 bridgehead atoms. The summed E-state index contributed by atoms with van der Waals surface area (Å²) in [5.41, 5.74) is 0. The van der Waals surface area contributed by atoms with E-state index in [9.17, 15) is 4.79 Å². The first kappa shape index (κ1) is 22.7. The Morgan fingerprint density at radius 1 is 0.762 bits per heavy atom. The van der Waals surface area contributed by atoms with Crippen molar-refractivity contribution >= 4 is 5.97 Å². The van der Waals surface area contributed by atoms with Gasteiger partial charge in [0.05, 0.1) is 6.61 Å². The van der Waals surface area contributed by atoms with E-state index in [4.69, 9.17) is 9.84 Å². The number of carbonyl (C=O) groups excluding carboxylic acids is 1. The molecule has 0 rings (SSSR count). The molecular formula is C18H38O3. The van der Waals surface area contributed by atoms with Crippen LogP contribution in [0.3, 0.4) is 0 Å². The highest BCUT2D eigenvalue weighted by molar-refractivity contribution is 5.69. The molecule has 0 aromatic heterocycles. The van der Waals surface area contributed by atoms with Gasteiger partial charge in [-0.15, -0.1) is 0 Å². The fraction of sp³-hybridized carbons (Fsp3) is 0.944. The first-order valence-corrected chi connectivity index (χ1v) is 8.99. The molecule has 0 atom stereocenters. The van der Waals surface area contributed by atoms with Crippen molar-refractivity contribution in [1.82, 2.24) is 0 Å². The Hall–Kier alpha value is -0.570. The summed E-state index contributed by atoms with van der Waals surface area (Å²) >= 11 is 0. The van der Waals surface area contributed by atoms with Crippen LogP contribution in [0.15, 0.2) is 0 Å². The molecule has 0 aromatic carbocycles. The molecule has 128 valence electrons. The molecule has 0 unspecified atom stereocenters. The minimum absolute atomic E-state index is 0.0472. The highest BCUT2D eigenvalue weighted by Gasteiger charge is 1.99. The Labute approximate surface area is 132 Å². The second kappa shape index (κ2) is 21.7. The highest BCUT2D eigenvalue weighted by atomic mass is 16.5. The molecule has 0 fully saturated rings. The van der Waals surface area contributed by atoms with Crippen LogP contribution in [-0.4, -0.2) is 24.3 Å². The molecule has 0 amide bonds. The van der Waals surface area contributed by atoms with Gasteiger partial charge in [-0.2, -0.15) is 0 Å². The van der Waals surface area contributed by atoms with Crippen molar-refractivity contribution in [3.63, 3.8) is 0 Å². The Morgan fingerprint density at radius 2 is 1.24 bits per heavy atom. The minimum atomic E-state index is -0.0472. The van der Waals surface area contributed by atoms with Crippen molar-refractivity contribution in [2.75, 3.05) is 13.2 Å². The predicted octanol–water partition coefficient (Wildman–Crippen LogP) is 5.25. The molecule has 0 aliphatic rings. The lowest BCUT2D eigenvalue weighted by Gasteiger charge is -2.00. The number of rotatable bonds is 13. The van der Waals surface area contributed by atoms with Gasteiger partial charge in [0.25, 0.3) is 0 Å². The largest absolute Gasteiger partial charge is 0.466 e. The standard InChI is InChI=1S/C10H20O2.C8H18O/c1-3-5-6-7-8-9-10(11)12-4-2;1-2-3-4-5-6-7-8-9/h3-9H2,1-2H3;9H,2-8H2,1H3. The van der Waals surface area contributed by atoms with E-state index in [2.05, 4.69) is 13.8 Å². The third kappa shape index (κ3) is 24.8. The van der Waals surface area contributed by atoms with Crippen LogP contribution in [-0.2, 0) is 9.53 Å². The van der Waals surface area contributed by atoms with Crippen molar-refractivity contribution in [2.45, 2.75) is 97.8 Å². The van der Waals surface area contributed by atoms with Gasteiger partial charge in [0.15, 0.2) is 0 Å². The monoisotopic (exact) mass is 302 g/mol. The maximum absolute atomic E-state index is 10.9. The average molecular weight is 302 g/mol. The molecule has 3 nitrogen and oxygen atoms in total. The minimum Gasteiger partial charge on any atom is -0.466 e. The molecule has 0 saturated carbocycles. The third-order valence-corrected chi connectivity index (χ3v) is 3.30. The van der Waals surface area contributed by atoms with Gasteiger partial charge >= 0.3 is 5.97 Å². The van der Waals surface area contributed by atoms with E-state index in [0.717, 1.165) is 19.3 Å². The number of hydrogen-bond donors (Lipinski definition) is 1. The van der Waals surface area contributed by atoms with E-state index in [-0.39, 0.29) is 5.97 Å². The molecule has 0 spiro atoms. The summed E-state index contributed by atoms with van der Waals surface area (Å²) < 4.78 is 4.81. The zero-order valence-corrected chi connectivity index (χ0v) is 14.7. The molecule has 0 heterocycles. The second-order valence-electron chi connectivity index (χ2n) is 5.46. The summed E-state index contributed by atoms with van der Waals surface area (Å²) in [5.74, 6) is -0.0472. The zero-order chi connectivity index (χ0) is 16.2. The van der Waals surface area contributed by atoms with E-state index in [1.807, 2.05) is 6.92 Å². The average Bonchev–Trinajstić information content (AvgIpc) is 2.48. The van der Waals surface area contributed by atoms with Gasteiger partial charge in [-0.3, -0.25) is 4.79 Å². The van der Waals surface area contributed by atoms with Crippen LogP contribution in [0.1, 0.15) is 97.8 Å². The van der Waals surface area contributed by atoms with Crippen LogP contribution in [0.25, 0.3) is 0 Å². The van der Waals surface area contributed by atoms with Gasteiger partial charge in [0.1, 0.15) is 0 Å². The number of aliphatic hydroxyl groups is 1. The van der Waals surface area contributed by atoms with Gasteiger partial charge in [-0.1, -0.05) is 71.6 Å². The van der Waals surface area contributed by atoms with Crippen molar-refractivity contribution < 1.29 is 14.6 Å². The van der Waals surface area contributed by atoms with Gasteiger partial charge in [-0.25, -0.2) is 0 Å². The molecule has 0 saturated heterocycles. The van der Waals surface area contributed by atoms with Crippen molar-refractivity contribution in [2.24, 2.45) is 0 Å². The molecular weight excluding hydrogens is 264 g/mol. The highest BCUT2D eigenvalue weighted by Crippen LogP contribution is 2.05. The summed E-state index contributed by atoms with van der Waals surface area (Å²) in [6.45, 7) is 7.12. The van der Waals surface area contributed by atoms with Gasteiger partial charge in [0.2, 0.25) is 0 Å². The molecule has 0 aromatic rings. The lowest BCUT2D eigenvalue weighted by molar-refractivity contribution is -0.143. The number of hydrogen-bond acceptors (Lipinski definition) is 3. The maximum Gasteiger partial charge on any atom is 0.305 e. The number of esters is 1. The maximum atomic E-state index is 10.9. The fourth-order valence-corrected chi connectivity index (χ4v) is 2.00. The Bertz CT molecular complexity index is 187. The SMILES string of the molecule is CCCCCCCC(=O)OCC.CCCCCCCCO. The fourth-order valence-electron chi connectivity index (χ4n) is 2.00. The number of carbonyl (C=O) groups is 1. The summed E-state index contributed by atoms with van der Waals surface area (Å²) in [6, 6.07) is 0. The third-order valence-electron chi connectivity index (χ3n) is 3.30. The van der Waals surface area contributed by atoms with Crippen LogP contribution >= 0.6 is 0 Å². The Morgan fingerprint density at radius 3 is 1.71 bits per heavy atom. The smallest absolute Gasteiger partial charge is 0.305 e. The Balaban J connectivity index is 0. The van der Waals surface area contributed by atoms with E-state index < -0.39 is 0 Å². The van der Waals surface area contributed by atoms with Crippen molar-refractivity contribution in [3.8, 4) is 0 Å². The number of aliphatic hydroxyl groups excluding tert-OH is 1. The molecule has 1 N–H and O–H groups in total. The van der Waals surface area contributed by atoms with Gasteiger partial charge in [0, 0.05) is 13.0 Å².